The summed E-state index contributed by atoms with van der Waals surface area (Å²) in [4.78, 5) is 0. The molecule has 0 N–H and O–H groups in total. The van der Waals surface area contributed by atoms with Crippen LogP contribution in [-0.4, -0.2) is 0 Å². The summed E-state index contributed by atoms with van der Waals surface area (Å²) in [6.45, 7) is 10.3. The summed E-state index contributed by atoms with van der Waals surface area (Å²) in [5.41, 5.74) is 0. The molecule has 0 aromatic carbocycles. The van der Waals surface area contributed by atoms with Gasteiger partial charge in [-0.25, -0.2) is 0 Å². The summed E-state index contributed by atoms with van der Waals surface area (Å²) in [5.74, 6) is 0.959. The molecule has 0 saturated carbocycles. The topological polar surface area (TPSA) is 0 Å². The average molecular weight is 365 g/mol. The largest absolute Gasteiger partial charge is 0.0625 e. The Hall–Kier alpha value is 0. The highest BCUT2D eigenvalue weighted by molar-refractivity contribution is 4.56. The fourth-order valence-corrected chi connectivity index (χ4v) is 3.96. The van der Waals surface area contributed by atoms with Gasteiger partial charge in [-0.05, 0) is 5.92 Å². The molecule has 0 fully saturated rings. The van der Waals surface area contributed by atoms with Gasteiger partial charge in [0.2, 0.25) is 0 Å². The van der Waals surface area contributed by atoms with Crippen molar-refractivity contribution in [2.75, 3.05) is 0 Å². The Labute approximate surface area is 168 Å². The summed E-state index contributed by atoms with van der Waals surface area (Å²) < 4.78 is 0. The molecule has 0 bridgehead atoms. The fourth-order valence-electron chi connectivity index (χ4n) is 3.96. The van der Waals surface area contributed by atoms with Crippen molar-refractivity contribution in [3.05, 3.63) is 13.8 Å². The minimum atomic E-state index is 0.959. The van der Waals surface area contributed by atoms with Gasteiger partial charge in [-0.1, -0.05) is 162 Å². The lowest BCUT2D eigenvalue weighted by Gasteiger charge is -2.11. The van der Waals surface area contributed by atoms with Gasteiger partial charge in [-0.15, -0.1) is 0 Å². The van der Waals surface area contributed by atoms with Crippen LogP contribution in [0.25, 0.3) is 0 Å². The van der Waals surface area contributed by atoms with Crippen molar-refractivity contribution in [3.63, 3.8) is 0 Å². The Balaban J connectivity index is 3.12. The van der Waals surface area contributed by atoms with Gasteiger partial charge in [0.05, 0.1) is 0 Å². The van der Waals surface area contributed by atoms with Crippen LogP contribution in [0.1, 0.15) is 148 Å². The van der Waals surface area contributed by atoms with E-state index in [4.69, 9.17) is 0 Å². The normalized spacial score (nSPS) is 11.5. The van der Waals surface area contributed by atoms with E-state index in [9.17, 15) is 0 Å². The standard InChI is InChI=1S/C26H52/c1-4-6-8-10-12-14-16-18-20-22-24-26(3)25-23-21-19-17-15-13-11-9-7-5-2/h26H,1-2,4-25H2,3H3. The van der Waals surface area contributed by atoms with Crippen molar-refractivity contribution >= 4 is 0 Å². The monoisotopic (exact) mass is 364 g/mol. The van der Waals surface area contributed by atoms with Crippen LogP contribution in [0.4, 0.5) is 0 Å². The molecule has 0 aliphatic rings. The van der Waals surface area contributed by atoms with Gasteiger partial charge in [-0.3, -0.25) is 0 Å². The highest BCUT2D eigenvalue weighted by Crippen LogP contribution is 2.19. The van der Waals surface area contributed by atoms with E-state index in [1.54, 1.807) is 0 Å². The van der Waals surface area contributed by atoms with E-state index >= 15 is 0 Å². The van der Waals surface area contributed by atoms with Crippen molar-refractivity contribution in [3.8, 4) is 0 Å². The van der Waals surface area contributed by atoms with Crippen LogP contribution in [-0.2, 0) is 0 Å². The van der Waals surface area contributed by atoms with Crippen LogP contribution in [0.3, 0.4) is 0 Å². The molecule has 0 rings (SSSR count). The molecule has 0 atom stereocenters. The molecule has 0 amide bonds. The first kappa shape index (κ1) is 26.0. The average Bonchev–Trinajstić information content (AvgIpc) is 2.64. The number of rotatable bonds is 22. The molecule has 0 unspecified atom stereocenters. The van der Waals surface area contributed by atoms with E-state index in [0.717, 1.165) is 18.8 Å². The van der Waals surface area contributed by atoms with Crippen molar-refractivity contribution in [1.29, 1.82) is 0 Å². The lowest BCUT2D eigenvalue weighted by molar-refractivity contribution is 0.430. The second kappa shape index (κ2) is 23.0. The van der Waals surface area contributed by atoms with E-state index in [1.165, 1.54) is 128 Å². The van der Waals surface area contributed by atoms with Gasteiger partial charge in [0.25, 0.3) is 0 Å². The zero-order valence-corrected chi connectivity index (χ0v) is 18.5. The summed E-state index contributed by atoms with van der Waals surface area (Å²) in [7, 11) is 0. The lowest BCUT2D eigenvalue weighted by atomic mass is 9.95. The maximum absolute atomic E-state index is 3.91. The molecular weight excluding hydrogens is 312 g/mol. The van der Waals surface area contributed by atoms with Crippen LogP contribution in [0.15, 0.2) is 0 Å². The fraction of sp³-hybridized carbons (Fsp3) is 0.923. The zero-order chi connectivity index (χ0) is 19.1. The van der Waals surface area contributed by atoms with E-state index < -0.39 is 0 Å². The molecule has 0 heteroatoms. The zero-order valence-electron chi connectivity index (χ0n) is 18.5. The predicted octanol–water partition coefficient (Wildman–Crippen LogP) is 9.87. The Bertz CT molecular complexity index is 208. The quantitative estimate of drug-likeness (QED) is 0.168. The molecule has 0 saturated heterocycles. The third-order valence-electron chi connectivity index (χ3n) is 5.89. The first-order valence-corrected chi connectivity index (χ1v) is 12.4. The van der Waals surface area contributed by atoms with Crippen molar-refractivity contribution < 1.29 is 0 Å². The minimum absolute atomic E-state index is 0.959. The maximum Gasteiger partial charge on any atom is -0.0443 e. The van der Waals surface area contributed by atoms with Crippen molar-refractivity contribution in [2.24, 2.45) is 5.92 Å². The van der Waals surface area contributed by atoms with Crippen LogP contribution in [0, 0.1) is 19.8 Å². The van der Waals surface area contributed by atoms with Gasteiger partial charge in [0.15, 0.2) is 0 Å². The van der Waals surface area contributed by atoms with E-state index in [-0.39, 0.29) is 0 Å². The van der Waals surface area contributed by atoms with Gasteiger partial charge in [0.1, 0.15) is 0 Å². The van der Waals surface area contributed by atoms with E-state index in [0.29, 0.717) is 0 Å². The lowest BCUT2D eigenvalue weighted by Crippen LogP contribution is -1.95. The van der Waals surface area contributed by atoms with E-state index in [2.05, 4.69) is 20.8 Å². The Morgan fingerprint density at radius 2 is 0.615 bits per heavy atom. The van der Waals surface area contributed by atoms with Crippen molar-refractivity contribution in [2.45, 2.75) is 148 Å². The van der Waals surface area contributed by atoms with Gasteiger partial charge in [0, 0.05) is 0 Å². The molecule has 0 aromatic rings. The highest BCUT2D eigenvalue weighted by atomic mass is 14.1. The van der Waals surface area contributed by atoms with Crippen LogP contribution in [0.2, 0.25) is 0 Å². The molecule has 0 aliphatic heterocycles. The molecular formula is C26H52. The minimum Gasteiger partial charge on any atom is -0.0625 e. The third-order valence-corrected chi connectivity index (χ3v) is 5.89. The molecule has 156 valence electrons. The van der Waals surface area contributed by atoms with E-state index in [1.807, 2.05) is 0 Å². The second-order valence-electron chi connectivity index (χ2n) is 8.75. The smallest absolute Gasteiger partial charge is 0.0443 e. The van der Waals surface area contributed by atoms with Crippen LogP contribution >= 0.6 is 0 Å². The number of unbranched alkanes of at least 4 members (excludes halogenated alkanes) is 18. The summed E-state index contributed by atoms with van der Waals surface area (Å²) in [6.07, 6.45) is 31.1. The molecule has 2 radical (unpaired) electrons. The first-order valence-electron chi connectivity index (χ1n) is 12.4. The predicted molar refractivity (Wildman–Crippen MR) is 121 cm³/mol. The summed E-state index contributed by atoms with van der Waals surface area (Å²) in [5, 5.41) is 0. The molecule has 0 nitrogen and oxygen atoms in total. The van der Waals surface area contributed by atoms with Crippen LogP contribution < -0.4 is 0 Å². The molecule has 0 spiro atoms. The Kier molecular flexibility index (Phi) is 23.0. The number of hydrogen-bond donors (Lipinski definition) is 0. The van der Waals surface area contributed by atoms with Gasteiger partial charge >= 0.3 is 0 Å². The summed E-state index contributed by atoms with van der Waals surface area (Å²) >= 11 is 0. The second-order valence-corrected chi connectivity index (χ2v) is 8.75. The molecule has 26 heavy (non-hydrogen) atoms. The SMILES string of the molecule is [CH2]CCCCCCCCCCCC(C)CCCCCCCCCCC[CH2]. The van der Waals surface area contributed by atoms with Crippen LogP contribution in [0.5, 0.6) is 0 Å². The van der Waals surface area contributed by atoms with Gasteiger partial charge in [-0.2, -0.15) is 0 Å². The summed E-state index contributed by atoms with van der Waals surface area (Å²) in [6, 6.07) is 0. The van der Waals surface area contributed by atoms with Gasteiger partial charge < -0.3 is 0 Å². The first-order chi connectivity index (χ1) is 12.8. The molecule has 0 aliphatic carbocycles. The Morgan fingerprint density at radius 3 is 0.885 bits per heavy atom. The number of hydrogen-bond acceptors (Lipinski definition) is 0. The maximum atomic E-state index is 3.91. The Morgan fingerprint density at radius 1 is 0.385 bits per heavy atom. The molecule has 0 heterocycles. The van der Waals surface area contributed by atoms with Crippen molar-refractivity contribution in [1.82, 2.24) is 0 Å². The third kappa shape index (κ3) is 22.0. The molecule has 0 aromatic heterocycles. The highest BCUT2D eigenvalue weighted by Gasteiger charge is 2.02.